The van der Waals surface area contributed by atoms with Crippen molar-refractivity contribution in [3.05, 3.63) is 29.8 Å². The van der Waals surface area contributed by atoms with Crippen LogP contribution in [0.4, 0.5) is 0 Å². The van der Waals surface area contributed by atoms with Crippen LogP contribution in [0.2, 0.25) is 0 Å². The van der Waals surface area contributed by atoms with E-state index >= 15 is 0 Å². The van der Waals surface area contributed by atoms with Crippen LogP contribution in [-0.2, 0) is 9.84 Å². The van der Waals surface area contributed by atoms with E-state index in [9.17, 15) is 8.42 Å². The van der Waals surface area contributed by atoms with E-state index in [1.165, 1.54) is 6.26 Å². The summed E-state index contributed by atoms with van der Waals surface area (Å²) in [6.45, 7) is 2.16. The molecule has 20 heavy (non-hydrogen) atoms. The van der Waals surface area contributed by atoms with Crippen molar-refractivity contribution in [1.82, 2.24) is 10.3 Å². The molecule has 0 amide bonds. The predicted molar refractivity (Wildman–Crippen MR) is 80.8 cm³/mol. The number of benzene rings is 1. The summed E-state index contributed by atoms with van der Waals surface area (Å²) in [7, 11) is -1.04. The van der Waals surface area contributed by atoms with Gasteiger partial charge < -0.3 is 10.3 Å². The summed E-state index contributed by atoms with van der Waals surface area (Å²) in [6.07, 6.45) is 5.04. The Kier molecular flexibility index (Phi) is 4.77. The Labute approximate surface area is 120 Å². The predicted octanol–water partition coefficient (Wildman–Crippen LogP) is 1.11. The summed E-state index contributed by atoms with van der Waals surface area (Å²) in [5.74, 6) is 0. The molecule has 0 aromatic heterocycles. The van der Waals surface area contributed by atoms with Gasteiger partial charge in [-0.1, -0.05) is 12.1 Å². The zero-order valence-electron chi connectivity index (χ0n) is 11.9. The first-order valence-electron chi connectivity index (χ1n) is 6.72. The second kappa shape index (κ2) is 6.37. The monoisotopic (exact) mass is 295 g/mol. The quantitative estimate of drug-likeness (QED) is 0.667. The average molecular weight is 295 g/mol. The maximum atomic E-state index is 11.5. The van der Waals surface area contributed by atoms with Crippen molar-refractivity contribution in [2.24, 2.45) is 5.10 Å². The molecule has 1 aromatic carbocycles. The number of rotatable bonds is 4. The Morgan fingerprint density at radius 3 is 2.70 bits per heavy atom. The normalized spacial score (nSPS) is 18.5. The largest absolute Gasteiger partial charge is 0.307 e. The standard InChI is InChI=1S/C14H21N3O2S/c1-17-8-6-13(7-9-17)16-15-11-12-4-3-5-14(10-12)20(2,18)19/h3-5,10-11,13,16H,6-9H2,1-2H3. The molecular weight excluding hydrogens is 274 g/mol. The van der Waals surface area contributed by atoms with Gasteiger partial charge in [0.15, 0.2) is 9.84 Å². The van der Waals surface area contributed by atoms with Gasteiger partial charge in [-0.15, -0.1) is 0 Å². The number of hydrazone groups is 1. The summed E-state index contributed by atoms with van der Waals surface area (Å²) in [5, 5.41) is 4.23. The van der Waals surface area contributed by atoms with Gasteiger partial charge in [0, 0.05) is 12.3 Å². The average Bonchev–Trinajstić information content (AvgIpc) is 2.40. The van der Waals surface area contributed by atoms with E-state index in [2.05, 4.69) is 22.5 Å². The molecule has 0 radical (unpaired) electrons. The van der Waals surface area contributed by atoms with Crippen LogP contribution in [0, 0.1) is 0 Å². The van der Waals surface area contributed by atoms with Gasteiger partial charge in [-0.3, -0.25) is 0 Å². The molecule has 0 atom stereocenters. The maximum absolute atomic E-state index is 11.5. The lowest BCUT2D eigenvalue weighted by Crippen LogP contribution is -2.38. The van der Waals surface area contributed by atoms with Gasteiger partial charge in [0.1, 0.15) is 0 Å². The third kappa shape index (κ3) is 4.31. The summed E-state index contributed by atoms with van der Waals surface area (Å²) < 4.78 is 22.9. The van der Waals surface area contributed by atoms with Crippen molar-refractivity contribution < 1.29 is 8.42 Å². The van der Waals surface area contributed by atoms with Crippen molar-refractivity contribution >= 4 is 16.1 Å². The zero-order valence-corrected chi connectivity index (χ0v) is 12.7. The lowest BCUT2D eigenvalue weighted by Gasteiger charge is -2.28. The van der Waals surface area contributed by atoms with Gasteiger partial charge >= 0.3 is 0 Å². The van der Waals surface area contributed by atoms with Crippen molar-refractivity contribution in [2.45, 2.75) is 23.8 Å². The minimum absolute atomic E-state index is 0.320. The summed E-state index contributed by atoms with van der Waals surface area (Å²) >= 11 is 0. The van der Waals surface area contributed by atoms with E-state index in [0.29, 0.717) is 10.9 Å². The van der Waals surface area contributed by atoms with Crippen LogP contribution in [0.1, 0.15) is 18.4 Å². The van der Waals surface area contributed by atoms with Crippen LogP contribution in [0.15, 0.2) is 34.3 Å². The van der Waals surface area contributed by atoms with Crippen molar-refractivity contribution in [2.75, 3.05) is 26.4 Å². The number of hydrogen-bond donors (Lipinski definition) is 1. The van der Waals surface area contributed by atoms with Crippen molar-refractivity contribution in [3.63, 3.8) is 0 Å². The fourth-order valence-corrected chi connectivity index (χ4v) is 2.86. The lowest BCUT2D eigenvalue weighted by molar-refractivity contribution is 0.236. The Morgan fingerprint density at radius 2 is 2.05 bits per heavy atom. The van der Waals surface area contributed by atoms with E-state index < -0.39 is 9.84 Å². The van der Waals surface area contributed by atoms with Gasteiger partial charge in [-0.25, -0.2) is 8.42 Å². The molecule has 5 nitrogen and oxygen atoms in total. The molecule has 1 N–H and O–H groups in total. The van der Waals surface area contributed by atoms with E-state index in [4.69, 9.17) is 0 Å². The fraction of sp³-hybridized carbons (Fsp3) is 0.500. The van der Waals surface area contributed by atoms with Crippen LogP contribution in [0.3, 0.4) is 0 Å². The summed E-state index contributed by atoms with van der Waals surface area (Å²) in [5.41, 5.74) is 3.93. The van der Waals surface area contributed by atoms with Crippen LogP contribution >= 0.6 is 0 Å². The van der Waals surface area contributed by atoms with Gasteiger partial charge in [-0.2, -0.15) is 5.10 Å². The van der Waals surface area contributed by atoms with E-state index in [-0.39, 0.29) is 0 Å². The number of hydrogen-bond acceptors (Lipinski definition) is 5. The highest BCUT2D eigenvalue weighted by atomic mass is 32.2. The molecule has 6 heteroatoms. The Bertz CT molecular complexity index is 576. The second-order valence-corrected chi connectivity index (χ2v) is 7.33. The molecule has 0 bridgehead atoms. The molecule has 0 saturated carbocycles. The fourth-order valence-electron chi connectivity index (χ4n) is 2.18. The number of sulfone groups is 1. The molecule has 1 aliphatic rings. The lowest BCUT2D eigenvalue weighted by atomic mass is 10.1. The Morgan fingerprint density at radius 1 is 1.35 bits per heavy atom. The maximum Gasteiger partial charge on any atom is 0.175 e. The van der Waals surface area contributed by atoms with Crippen LogP contribution < -0.4 is 5.43 Å². The van der Waals surface area contributed by atoms with Gasteiger partial charge in [0.05, 0.1) is 11.1 Å². The highest BCUT2D eigenvalue weighted by Gasteiger charge is 2.15. The third-order valence-electron chi connectivity index (χ3n) is 3.48. The van der Waals surface area contributed by atoms with Crippen LogP contribution in [0.5, 0.6) is 0 Å². The summed E-state index contributed by atoms with van der Waals surface area (Å²) in [6, 6.07) is 7.20. The molecule has 0 spiro atoms. The molecular formula is C14H21N3O2S. The highest BCUT2D eigenvalue weighted by Crippen LogP contribution is 2.10. The molecule has 1 saturated heterocycles. The zero-order chi connectivity index (χ0) is 14.6. The van der Waals surface area contributed by atoms with E-state index in [1.807, 2.05) is 6.07 Å². The van der Waals surface area contributed by atoms with Gasteiger partial charge in [0.2, 0.25) is 0 Å². The van der Waals surface area contributed by atoms with E-state index in [1.54, 1.807) is 24.4 Å². The van der Waals surface area contributed by atoms with Crippen molar-refractivity contribution in [1.29, 1.82) is 0 Å². The first-order valence-corrected chi connectivity index (χ1v) is 8.61. The molecule has 1 fully saturated rings. The SMILES string of the molecule is CN1CCC(NN=Cc2cccc(S(C)(=O)=O)c2)CC1. The number of nitrogens with one attached hydrogen (secondary N) is 1. The molecule has 0 unspecified atom stereocenters. The topological polar surface area (TPSA) is 61.8 Å². The van der Waals surface area contributed by atoms with Crippen molar-refractivity contribution in [3.8, 4) is 0 Å². The third-order valence-corrected chi connectivity index (χ3v) is 4.59. The van der Waals surface area contributed by atoms with Gasteiger partial charge in [-0.05, 0) is 50.7 Å². The Balaban J connectivity index is 1.95. The smallest absolute Gasteiger partial charge is 0.175 e. The second-order valence-electron chi connectivity index (χ2n) is 5.31. The molecule has 1 aromatic rings. The Hall–Kier alpha value is -1.40. The molecule has 2 rings (SSSR count). The molecule has 1 heterocycles. The minimum Gasteiger partial charge on any atom is -0.307 e. The van der Waals surface area contributed by atoms with Crippen LogP contribution in [0.25, 0.3) is 0 Å². The number of likely N-dealkylation sites (tertiary alicyclic amines) is 1. The molecule has 0 aliphatic carbocycles. The van der Waals surface area contributed by atoms with E-state index in [0.717, 1.165) is 31.5 Å². The summed E-state index contributed by atoms with van der Waals surface area (Å²) in [4.78, 5) is 2.62. The molecule has 110 valence electrons. The van der Waals surface area contributed by atoms with Gasteiger partial charge in [0.25, 0.3) is 0 Å². The number of piperidine rings is 1. The first-order chi connectivity index (χ1) is 9.45. The highest BCUT2D eigenvalue weighted by molar-refractivity contribution is 7.90. The molecule has 1 aliphatic heterocycles. The van der Waals surface area contributed by atoms with Crippen LogP contribution in [-0.4, -0.2) is 52.0 Å². The number of nitrogens with zero attached hydrogens (tertiary/aromatic N) is 2. The first kappa shape index (κ1) is 15.0. The minimum atomic E-state index is -3.16.